The summed E-state index contributed by atoms with van der Waals surface area (Å²) in [4.78, 5) is 34.5. The Morgan fingerprint density at radius 1 is 1.15 bits per heavy atom. The Morgan fingerprint density at radius 2 is 1.88 bits per heavy atom. The second-order valence-corrected chi connectivity index (χ2v) is 8.79. The molecule has 5 rings (SSSR count). The van der Waals surface area contributed by atoms with E-state index in [1.807, 2.05) is 4.57 Å². The summed E-state index contributed by atoms with van der Waals surface area (Å²) in [5, 5.41) is 3.06. The van der Waals surface area contributed by atoms with Crippen molar-refractivity contribution in [2.45, 2.75) is 32.4 Å². The van der Waals surface area contributed by atoms with Gasteiger partial charge in [0, 0.05) is 62.7 Å². The van der Waals surface area contributed by atoms with Crippen LogP contribution in [0.3, 0.4) is 0 Å². The van der Waals surface area contributed by atoms with Crippen LogP contribution in [-0.4, -0.2) is 53.1 Å². The number of fused-ring (bicyclic) bond motifs is 1. The van der Waals surface area contributed by atoms with E-state index < -0.39 is 17.2 Å². The minimum atomic E-state index is -0.451. The largest absolute Gasteiger partial charge is 0.367 e. The van der Waals surface area contributed by atoms with Crippen LogP contribution in [0.1, 0.15) is 41.7 Å². The summed E-state index contributed by atoms with van der Waals surface area (Å²) in [5.74, 6) is -0.866. The van der Waals surface area contributed by atoms with E-state index in [4.69, 9.17) is 0 Å². The number of nitrogens with one attached hydrogen (secondary N) is 1. The van der Waals surface area contributed by atoms with Gasteiger partial charge in [-0.05, 0) is 49.2 Å². The number of anilines is 1. The van der Waals surface area contributed by atoms with Gasteiger partial charge < -0.3 is 19.7 Å². The molecule has 3 heterocycles. The number of benzene rings is 1. The van der Waals surface area contributed by atoms with E-state index >= 15 is 4.39 Å². The van der Waals surface area contributed by atoms with Gasteiger partial charge in [-0.25, -0.2) is 4.39 Å². The minimum Gasteiger partial charge on any atom is -0.367 e. The lowest BCUT2D eigenvalue weighted by molar-refractivity contribution is 0.0949. The number of carbonyl (C=O) groups is 1. The molecular formula is C25H28FN5O2. The van der Waals surface area contributed by atoms with Crippen LogP contribution in [0.25, 0.3) is 10.9 Å². The number of hydrogen-bond acceptors (Lipinski definition) is 5. The summed E-state index contributed by atoms with van der Waals surface area (Å²) in [7, 11) is 0. The SMILES string of the molecule is CCN1CCN(c2cc3c(cc2F)c(=O)c(C(=O)NCc2ccncc2)cn3C2CC2)CC1. The summed E-state index contributed by atoms with van der Waals surface area (Å²) in [5.41, 5.74) is 1.73. The van der Waals surface area contributed by atoms with Crippen molar-refractivity contribution in [2.75, 3.05) is 37.6 Å². The molecule has 0 spiro atoms. The van der Waals surface area contributed by atoms with E-state index in [0.717, 1.165) is 51.1 Å². The highest BCUT2D eigenvalue weighted by Crippen LogP contribution is 2.38. The summed E-state index contributed by atoms with van der Waals surface area (Å²) in [6.45, 7) is 6.69. The maximum absolute atomic E-state index is 15.2. The smallest absolute Gasteiger partial charge is 0.257 e. The molecule has 2 fully saturated rings. The van der Waals surface area contributed by atoms with Crippen molar-refractivity contribution in [3.63, 3.8) is 0 Å². The van der Waals surface area contributed by atoms with Crippen molar-refractivity contribution >= 4 is 22.5 Å². The van der Waals surface area contributed by atoms with E-state index in [1.54, 1.807) is 36.8 Å². The van der Waals surface area contributed by atoms with Gasteiger partial charge in [0.2, 0.25) is 5.43 Å². The Balaban J connectivity index is 1.49. The molecule has 0 radical (unpaired) electrons. The molecule has 1 aromatic carbocycles. The number of carbonyl (C=O) groups excluding carboxylic acids is 1. The van der Waals surface area contributed by atoms with Crippen LogP contribution >= 0.6 is 0 Å². The van der Waals surface area contributed by atoms with Gasteiger partial charge in [-0.15, -0.1) is 0 Å². The molecule has 1 aliphatic carbocycles. The van der Waals surface area contributed by atoms with Crippen molar-refractivity contribution in [2.24, 2.45) is 0 Å². The first-order valence-electron chi connectivity index (χ1n) is 11.6. The Labute approximate surface area is 191 Å². The summed E-state index contributed by atoms with van der Waals surface area (Å²) in [6.07, 6.45) is 6.93. The molecule has 172 valence electrons. The molecular weight excluding hydrogens is 421 g/mol. The second-order valence-electron chi connectivity index (χ2n) is 8.79. The Hall–Kier alpha value is -3.26. The lowest BCUT2D eigenvalue weighted by Gasteiger charge is -2.35. The van der Waals surface area contributed by atoms with E-state index in [9.17, 15) is 9.59 Å². The monoisotopic (exact) mass is 449 g/mol. The van der Waals surface area contributed by atoms with E-state index in [-0.39, 0.29) is 17.0 Å². The third-order valence-corrected chi connectivity index (χ3v) is 6.65. The van der Waals surface area contributed by atoms with Gasteiger partial charge in [-0.2, -0.15) is 0 Å². The standard InChI is InChI=1S/C25H28FN5O2/c1-2-29-9-11-30(12-10-29)23-14-22-19(13-21(23)26)24(32)20(16-31(22)18-3-4-18)25(33)28-15-17-5-7-27-8-6-17/h5-8,13-14,16,18H,2-4,9-12,15H2,1H3,(H,28,33). The molecule has 1 saturated heterocycles. The fourth-order valence-electron chi connectivity index (χ4n) is 4.50. The topological polar surface area (TPSA) is 70.5 Å². The summed E-state index contributed by atoms with van der Waals surface area (Å²) in [6, 6.07) is 6.96. The molecule has 1 saturated carbocycles. The first kappa shape index (κ1) is 21.6. The number of amides is 1. The molecule has 33 heavy (non-hydrogen) atoms. The van der Waals surface area contributed by atoms with Crippen molar-refractivity contribution < 1.29 is 9.18 Å². The molecule has 0 atom stereocenters. The number of likely N-dealkylation sites (N-methyl/N-ethyl adjacent to an activating group) is 1. The predicted molar refractivity (Wildman–Crippen MR) is 126 cm³/mol. The molecule has 7 nitrogen and oxygen atoms in total. The normalized spacial score (nSPS) is 16.8. The lowest BCUT2D eigenvalue weighted by atomic mass is 10.1. The first-order valence-corrected chi connectivity index (χ1v) is 11.6. The fraction of sp³-hybridized carbons (Fsp3) is 0.400. The molecule has 1 aliphatic heterocycles. The number of nitrogens with zero attached hydrogens (tertiary/aromatic N) is 4. The zero-order chi connectivity index (χ0) is 22.9. The van der Waals surface area contributed by atoms with Crippen LogP contribution in [-0.2, 0) is 6.54 Å². The Kier molecular flexibility index (Phi) is 5.85. The quantitative estimate of drug-likeness (QED) is 0.627. The van der Waals surface area contributed by atoms with E-state index in [0.29, 0.717) is 17.7 Å². The third kappa shape index (κ3) is 4.35. The highest BCUT2D eigenvalue weighted by Gasteiger charge is 2.28. The number of piperazine rings is 1. The van der Waals surface area contributed by atoms with Gasteiger partial charge in [0.25, 0.3) is 5.91 Å². The summed E-state index contributed by atoms with van der Waals surface area (Å²) < 4.78 is 17.2. The first-order chi connectivity index (χ1) is 16.0. The number of halogens is 1. The molecule has 2 aliphatic rings. The van der Waals surface area contributed by atoms with Gasteiger partial charge in [-0.3, -0.25) is 14.6 Å². The predicted octanol–water partition coefficient (Wildman–Crippen LogP) is 2.94. The molecule has 3 aromatic rings. The van der Waals surface area contributed by atoms with Crippen LogP contribution < -0.4 is 15.6 Å². The van der Waals surface area contributed by atoms with Crippen LogP contribution in [0.2, 0.25) is 0 Å². The maximum Gasteiger partial charge on any atom is 0.257 e. The van der Waals surface area contributed by atoms with Crippen molar-refractivity contribution in [1.29, 1.82) is 0 Å². The second kappa shape index (κ2) is 8.94. The zero-order valence-electron chi connectivity index (χ0n) is 18.8. The van der Waals surface area contributed by atoms with Crippen molar-refractivity contribution in [3.05, 3.63) is 70.0 Å². The van der Waals surface area contributed by atoms with Crippen LogP contribution in [0.4, 0.5) is 10.1 Å². The highest BCUT2D eigenvalue weighted by molar-refractivity contribution is 5.97. The molecule has 1 amide bonds. The molecule has 8 heteroatoms. The fourth-order valence-corrected chi connectivity index (χ4v) is 4.50. The minimum absolute atomic E-state index is 0.0483. The maximum atomic E-state index is 15.2. The number of hydrogen-bond donors (Lipinski definition) is 1. The van der Waals surface area contributed by atoms with Gasteiger partial charge >= 0.3 is 0 Å². The number of aromatic nitrogens is 2. The van der Waals surface area contributed by atoms with Gasteiger partial charge in [0.05, 0.1) is 11.2 Å². The van der Waals surface area contributed by atoms with Crippen LogP contribution in [0.15, 0.2) is 47.7 Å². The third-order valence-electron chi connectivity index (χ3n) is 6.65. The average molecular weight is 450 g/mol. The molecule has 0 unspecified atom stereocenters. The van der Waals surface area contributed by atoms with Gasteiger partial charge in [0.1, 0.15) is 11.4 Å². The highest BCUT2D eigenvalue weighted by atomic mass is 19.1. The van der Waals surface area contributed by atoms with Crippen LogP contribution in [0.5, 0.6) is 0 Å². The Bertz CT molecular complexity index is 1230. The number of rotatable bonds is 6. The molecule has 1 N–H and O–H groups in total. The molecule has 0 bridgehead atoms. The molecule has 2 aromatic heterocycles. The number of pyridine rings is 2. The van der Waals surface area contributed by atoms with E-state index in [2.05, 4.69) is 27.0 Å². The summed E-state index contributed by atoms with van der Waals surface area (Å²) >= 11 is 0. The van der Waals surface area contributed by atoms with Crippen LogP contribution in [0, 0.1) is 5.82 Å². The lowest BCUT2D eigenvalue weighted by Crippen LogP contribution is -2.46. The van der Waals surface area contributed by atoms with Crippen molar-refractivity contribution in [3.8, 4) is 0 Å². The zero-order valence-corrected chi connectivity index (χ0v) is 18.8. The Morgan fingerprint density at radius 3 is 2.55 bits per heavy atom. The van der Waals surface area contributed by atoms with Crippen molar-refractivity contribution in [1.82, 2.24) is 19.8 Å². The van der Waals surface area contributed by atoms with Gasteiger partial charge in [0.15, 0.2) is 0 Å². The average Bonchev–Trinajstić information content (AvgIpc) is 3.69. The van der Waals surface area contributed by atoms with Gasteiger partial charge in [-0.1, -0.05) is 6.92 Å². The van der Waals surface area contributed by atoms with E-state index in [1.165, 1.54) is 6.07 Å².